The second-order valence-electron chi connectivity index (χ2n) is 8.53. The highest BCUT2D eigenvalue weighted by Crippen LogP contribution is 2.29. The quantitative estimate of drug-likeness (QED) is 0.594. The van der Waals surface area contributed by atoms with E-state index in [-0.39, 0.29) is 35.8 Å². The number of amides is 1. The molecule has 2 aromatic heterocycles. The minimum Gasteiger partial charge on any atom is -0.442 e. The molecule has 0 aliphatic carbocycles. The number of rotatable bonds is 5. The predicted molar refractivity (Wildman–Crippen MR) is 123 cm³/mol. The van der Waals surface area contributed by atoms with Gasteiger partial charge in [0.05, 0.1) is 5.69 Å². The molecule has 34 heavy (non-hydrogen) atoms. The fraction of sp³-hybridized carbons (Fsp3) is 0.391. The van der Waals surface area contributed by atoms with Crippen LogP contribution in [0.15, 0.2) is 58.2 Å². The van der Waals surface area contributed by atoms with Crippen LogP contribution in [-0.2, 0) is 14.8 Å². The van der Waals surface area contributed by atoms with Crippen molar-refractivity contribution >= 4 is 21.6 Å². The fourth-order valence-corrected chi connectivity index (χ4v) is 5.98. The number of benzene rings is 1. The molecule has 9 nitrogen and oxygen atoms in total. The fourth-order valence-electron chi connectivity index (χ4n) is 4.60. The Morgan fingerprint density at radius 2 is 1.74 bits per heavy atom. The number of aromatic nitrogens is 2. The molecule has 0 spiro atoms. The van der Waals surface area contributed by atoms with Crippen LogP contribution in [0.1, 0.15) is 12.8 Å². The highest BCUT2D eigenvalue weighted by atomic mass is 32.2. The number of H-pyrrole nitrogens is 1. The number of piperidine rings is 1. The lowest BCUT2D eigenvalue weighted by atomic mass is 9.96. The molecule has 3 aromatic rings. The van der Waals surface area contributed by atoms with Gasteiger partial charge in [0.2, 0.25) is 11.0 Å². The summed E-state index contributed by atoms with van der Waals surface area (Å²) < 4.78 is 47.0. The number of para-hydroxylation sites is 1. The van der Waals surface area contributed by atoms with E-state index in [1.165, 1.54) is 16.4 Å². The van der Waals surface area contributed by atoms with Gasteiger partial charge in [-0.2, -0.15) is 9.40 Å². The number of nitrogens with one attached hydrogen (secondary N) is 1. The van der Waals surface area contributed by atoms with Gasteiger partial charge < -0.3 is 14.2 Å². The van der Waals surface area contributed by atoms with Gasteiger partial charge in [0.1, 0.15) is 11.5 Å². The summed E-state index contributed by atoms with van der Waals surface area (Å²) in [5.41, 5.74) is 1.16. The zero-order valence-electron chi connectivity index (χ0n) is 18.6. The van der Waals surface area contributed by atoms with Crippen LogP contribution in [-0.4, -0.2) is 73.0 Å². The third-order valence-corrected chi connectivity index (χ3v) is 8.30. The number of sulfonamides is 1. The molecule has 1 amide bonds. The lowest BCUT2D eigenvalue weighted by Crippen LogP contribution is -2.52. The Labute approximate surface area is 197 Å². The Hall–Kier alpha value is -3.18. The molecule has 2 fully saturated rings. The van der Waals surface area contributed by atoms with Crippen LogP contribution in [0.25, 0.3) is 11.5 Å². The van der Waals surface area contributed by atoms with Crippen molar-refractivity contribution in [1.82, 2.24) is 19.4 Å². The van der Waals surface area contributed by atoms with Gasteiger partial charge in [-0.25, -0.2) is 12.8 Å². The monoisotopic (exact) mass is 487 g/mol. The Bertz CT molecular complexity index is 1240. The second-order valence-corrected chi connectivity index (χ2v) is 10.4. The van der Waals surface area contributed by atoms with Gasteiger partial charge in [0.15, 0.2) is 5.76 Å². The second kappa shape index (κ2) is 9.22. The molecule has 5 rings (SSSR count). The standard InChI is InChI=1S/C23H26FN5O4S/c24-18-3-1-2-4-20(18)27-13-15-28(16-14-27)23(30)17-8-11-29(12-9-17)34(31,32)22-6-5-21(33-22)19-7-10-25-26-19/h1-7,10,17H,8-9,11-16H2,(H,25,26). The van der Waals surface area contributed by atoms with Crippen LogP contribution in [0.2, 0.25) is 0 Å². The number of halogens is 1. The summed E-state index contributed by atoms with van der Waals surface area (Å²) in [5, 5.41) is 6.47. The van der Waals surface area contributed by atoms with E-state index in [4.69, 9.17) is 4.42 Å². The molecular weight excluding hydrogens is 461 g/mol. The van der Waals surface area contributed by atoms with Gasteiger partial charge in [0.25, 0.3) is 10.0 Å². The number of aromatic amines is 1. The molecule has 2 aliphatic rings. The van der Waals surface area contributed by atoms with E-state index in [2.05, 4.69) is 10.2 Å². The van der Waals surface area contributed by atoms with Gasteiger partial charge in [-0.1, -0.05) is 12.1 Å². The van der Waals surface area contributed by atoms with Gasteiger partial charge >= 0.3 is 0 Å². The van der Waals surface area contributed by atoms with E-state index < -0.39 is 10.0 Å². The van der Waals surface area contributed by atoms with Crippen LogP contribution >= 0.6 is 0 Å². The van der Waals surface area contributed by atoms with Crippen LogP contribution in [0.4, 0.5) is 10.1 Å². The molecule has 0 atom stereocenters. The summed E-state index contributed by atoms with van der Waals surface area (Å²) in [6, 6.07) is 11.4. The third-order valence-electron chi connectivity index (χ3n) is 6.53. The SMILES string of the molecule is O=C(C1CCN(S(=O)(=O)c2ccc(-c3ccn[nH]3)o2)CC1)N1CCN(c2ccccc2F)CC1. The number of nitrogens with zero attached hydrogens (tertiary/aromatic N) is 4. The number of piperazine rings is 1. The molecular formula is C23H26FN5O4S. The van der Waals surface area contributed by atoms with E-state index in [9.17, 15) is 17.6 Å². The Balaban J connectivity index is 1.16. The van der Waals surface area contributed by atoms with Gasteiger partial charge in [0, 0.05) is 51.4 Å². The molecule has 2 aliphatic heterocycles. The number of carbonyl (C=O) groups excluding carboxylic acids is 1. The molecule has 180 valence electrons. The highest BCUT2D eigenvalue weighted by molar-refractivity contribution is 7.89. The van der Waals surface area contributed by atoms with E-state index in [1.807, 2.05) is 9.80 Å². The molecule has 0 unspecified atom stereocenters. The maximum atomic E-state index is 14.1. The van der Waals surface area contributed by atoms with Crippen molar-refractivity contribution in [3.8, 4) is 11.5 Å². The smallest absolute Gasteiger partial charge is 0.276 e. The first kappa shape index (κ1) is 22.6. The molecule has 11 heteroatoms. The Morgan fingerprint density at radius 1 is 1.00 bits per heavy atom. The van der Waals surface area contributed by atoms with E-state index in [0.717, 1.165) is 0 Å². The third kappa shape index (κ3) is 4.32. The Morgan fingerprint density at radius 3 is 2.41 bits per heavy atom. The average Bonchev–Trinajstić information content (AvgIpc) is 3.57. The zero-order valence-corrected chi connectivity index (χ0v) is 19.4. The minimum absolute atomic E-state index is 0.0461. The van der Waals surface area contributed by atoms with E-state index >= 15 is 0 Å². The maximum absolute atomic E-state index is 14.1. The summed E-state index contributed by atoms with van der Waals surface area (Å²) in [6.07, 6.45) is 2.48. The summed E-state index contributed by atoms with van der Waals surface area (Å²) in [6.45, 7) is 2.69. The largest absolute Gasteiger partial charge is 0.442 e. The normalized spacial score (nSPS) is 18.4. The molecule has 1 aromatic carbocycles. The number of carbonyl (C=O) groups is 1. The first-order valence-electron chi connectivity index (χ1n) is 11.3. The van der Waals surface area contributed by atoms with Gasteiger partial charge in [-0.15, -0.1) is 0 Å². The lowest BCUT2D eigenvalue weighted by molar-refractivity contribution is -0.137. The summed E-state index contributed by atoms with van der Waals surface area (Å²) in [7, 11) is -3.78. The molecule has 1 N–H and O–H groups in total. The lowest BCUT2D eigenvalue weighted by Gasteiger charge is -2.39. The number of anilines is 1. The summed E-state index contributed by atoms with van der Waals surface area (Å²) in [5.74, 6) is -0.0341. The Kier molecular flexibility index (Phi) is 6.13. The van der Waals surface area contributed by atoms with Crippen molar-refractivity contribution in [2.24, 2.45) is 5.92 Å². The molecule has 2 saturated heterocycles. The van der Waals surface area contributed by atoms with E-state index in [1.54, 1.807) is 36.5 Å². The zero-order chi connectivity index (χ0) is 23.7. The predicted octanol–water partition coefficient (Wildman–Crippen LogP) is 2.56. The van der Waals surface area contributed by atoms with Crippen molar-refractivity contribution in [2.75, 3.05) is 44.2 Å². The average molecular weight is 488 g/mol. The number of hydrogen-bond donors (Lipinski definition) is 1. The van der Waals surface area contributed by atoms with Gasteiger partial charge in [-0.05, 0) is 43.2 Å². The van der Waals surface area contributed by atoms with E-state index in [0.29, 0.717) is 56.2 Å². The van der Waals surface area contributed by atoms with Crippen molar-refractivity contribution in [3.05, 3.63) is 54.5 Å². The summed E-state index contributed by atoms with van der Waals surface area (Å²) in [4.78, 5) is 16.8. The van der Waals surface area contributed by atoms with Crippen molar-refractivity contribution in [2.45, 2.75) is 17.9 Å². The van der Waals surface area contributed by atoms with Crippen molar-refractivity contribution < 1.29 is 22.0 Å². The first-order valence-corrected chi connectivity index (χ1v) is 12.8. The molecule has 4 heterocycles. The minimum atomic E-state index is -3.78. The maximum Gasteiger partial charge on any atom is 0.276 e. The van der Waals surface area contributed by atoms with Crippen molar-refractivity contribution in [1.29, 1.82) is 0 Å². The topological polar surface area (TPSA) is 103 Å². The molecule has 0 saturated carbocycles. The van der Waals surface area contributed by atoms with Gasteiger partial charge in [-0.3, -0.25) is 9.89 Å². The van der Waals surface area contributed by atoms with Crippen LogP contribution in [0, 0.1) is 11.7 Å². The summed E-state index contributed by atoms with van der Waals surface area (Å²) >= 11 is 0. The number of furan rings is 1. The molecule has 0 radical (unpaired) electrons. The highest BCUT2D eigenvalue weighted by Gasteiger charge is 2.36. The number of hydrogen-bond acceptors (Lipinski definition) is 6. The first-order chi connectivity index (χ1) is 16.4. The molecule has 0 bridgehead atoms. The van der Waals surface area contributed by atoms with Crippen LogP contribution in [0.5, 0.6) is 0 Å². The van der Waals surface area contributed by atoms with Crippen LogP contribution in [0.3, 0.4) is 0 Å². The van der Waals surface area contributed by atoms with Crippen LogP contribution < -0.4 is 4.90 Å². The van der Waals surface area contributed by atoms with Crippen molar-refractivity contribution in [3.63, 3.8) is 0 Å².